The van der Waals surface area contributed by atoms with Gasteiger partial charge in [0.2, 0.25) is 0 Å². The summed E-state index contributed by atoms with van der Waals surface area (Å²) < 4.78 is 40.5. The molecule has 0 aliphatic carbocycles. The van der Waals surface area contributed by atoms with Gasteiger partial charge in [0.25, 0.3) is 15.9 Å². The van der Waals surface area contributed by atoms with E-state index in [1.54, 1.807) is 64.3 Å². The Hall–Kier alpha value is -3.68. The highest BCUT2D eigenvalue weighted by Crippen LogP contribution is 2.33. The zero-order chi connectivity index (χ0) is 31.5. The number of esters is 1. The minimum atomic E-state index is -4.64. The molecule has 1 saturated heterocycles. The highest BCUT2D eigenvalue weighted by Gasteiger charge is 2.47. The summed E-state index contributed by atoms with van der Waals surface area (Å²) in [4.78, 5) is 45.2. The fourth-order valence-corrected chi connectivity index (χ4v) is 7.60. The van der Waals surface area contributed by atoms with Crippen molar-refractivity contribution < 1.29 is 32.3 Å². The Labute approximate surface area is 256 Å². The number of ether oxygens (including phenoxy) is 2. The third kappa shape index (κ3) is 7.46. The first-order chi connectivity index (χ1) is 20.2. The van der Waals surface area contributed by atoms with E-state index < -0.39 is 51.1 Å². The number of amides is 2. The lowest BCUT2D eigenvalue weighted by molar-refractivity contribution is -0.155. The number of benzene rings is 2. The largest absolute Gasteiger partial charge is 0.461 e. The average molecular weight is 629 g/mol. The maximum absolute atomic E-state index is 14.5. The van der Waals surface area contributed by atoms with Gasteiger partial charge in [0, 0.05) is 43.4 Å². The maximum atomic E-state index is 14.5. The first-order valence-electron chi connectivity index (χ1n) is 13.7. The second-order valence-electron chi connectivity index (χ2n) is 11.3. The van der Waals surface area contributed by atoms with Crippen molar-refractivity contribution in [1.82, 2.24) is 19.5 Å². The molecule has 11 nitrogen and oxygen atoms in total. The molecule has 1 N–H and O–H groups in total. The first-order valence-corrected chi connectivity index (χ1v) is 16.2. The fraction of sp³-hybridized carbons (Fsp3) is 0.400. The van der Waals surface area contributed by atoms with Gasteiger partial charge in [-0.1, -0.05) is 30.3 Å². The Bertz CT molecular complexity index is 1600. The van der Waals surface area contributed by atoms with Gasteiger partial charge in [-0.3, -0.25) is 15.1 Å². The van der Waals surface area contributed by atoms with Gasteiger partial charge in [0.1, 0.15) is 22.1 Å². The number of nitrogens with zero attached hydrogens (tertiary/aromatic N) is 3. The van der Waals surface area contributed by atoms with E-state index >= 15 is 0 Å². The second kappa shape index (κ2) is 12.9. The third-order valence-electron chi connectivity index (χ3n) is 6.54. The van der Waals surface area contributed by atoms with E-state index in [0.29, 0.717) is 21.0 Å². The van der Waals surface area contributed by atoms with E-state index in [1.807, 2.05) is 13.8 Å². The van der Waals surface area contributed by atoms with Gasteiger partial charge in [-0.05, 0) is 57.5 Å². The van der Waals surface area contributed by atoms with Crippen LogP contribution in [0.15, 0.2) is 65.7 Å². The molecule has 2 amide bonds. The molecule has 0 spiro atoms. The lowest BCUT2D eigenvalue weighted by Gasteiger charge is -2.32. The number of nitrogens with one attached hydrogen (secondary N) is 1. The zero-order valence-electron chi connectivity index (χ0n) is 24.9. The Morgan fingerprint density at radius 2 is 1.74 bits per heavy atom. The van der Waals surface area contributed by atoms with Gasteiger partial charge in [-0.25, -0.2) is 22.3 Å². The number of fused-ring (bicyclic) bond motifs is 1. The number of pyridine rings is 1. The van der Waals surface area contributed by atoms with Gasteiger partial charge in [-0.15, -0.1) is 11.8 Å². The summed E-state index contributed by atoms with van der Waals surface area (Å²) in [6.07, 6.45) is 0.151. The molecule has 1 aromatic heterocycles. The summed E-state index contributed by atoms with van der Waals surface area (Å²) in [6, 6.07) is 12.8. The van der Waals surface area contributed by atoms with E-state index in [4.69, 9.17) is 9.47 Å². The molecule has 0 radical (unpaired) electrons. The average Bonchev–Trinajstić information content (AvgIpc) is 3.32. The summed E-state index contributed by atoms with van der Waals surface area (Å²) in [7, 11) is -1.54. The standard InChI is InChI=1S/C30H36N4O7S2/c1-19(2)40-28(36)23(17-20-12-14-22(15-13-20)41-29(37)33(5)6)34(27(35)26-32-30(3,4)18-42-26)43(38,39)24-11-7-9-21-10-8-16-31-25(21)24/h7-16,19,23,26,32H,17-18H2,1-6H3/t23-,26-/m0/s1. The van der Waals surface area contributed by atoms with Gasteiger partial charge in [0.15, 0.2) is 0 Å². The minimum Gasteiger partial charge on any atom is -0.461 e. The predicted octanol–water partition coefficient (Wildman–Crippen LogP) is 3.82. The summed E-state index contributed by atoms with van der Waals surface area (Å²) in [5.41, 5.74) is 0.264. The van der Waals surface area contributed by atoms with Crippen molar-refractivity contribution >= 4 is 50.7 Å². The van der Waals surface area contributed by atoms with Crippen LogP contribution in [0.1, 0.15) is 33.3 Å². The van der Waals surface area contributed by atoms with Crippen molar-refractivity contribution in [2.45, 2.75) is 62.1 Å². The molecule has 3 aromatic rings. The molecule has 1 aliphatic heterocycles. The molecule has 13 heteroatoms. The van der Waals surface area contributed by atoms with E-state index in [1.165, 1.54) is 41.1 Å². The van der Waals surface area contributed by atoms with E-state index in [9.17, 15) is 22.8 Å². The third-order valence-corrected chi connectivity index (χ3v) is 9.92. The van der Waals surface area contributed by atoms with Gasteiger partial charge in [0.05, 0.1) is 11.6 Å². The maximum Gasteiger partial charge on any atom is 0.414 e. The number of hydrogen-bond donors (Lipinski definition) is 1. The highest BCUT2D eigenvalue weighted by atomic mass is 32.2. The highest BCUT2D eigenvalue weighted by molar-refractivity contribution is 8.01. The Kier molecular flexibility index (Phi) is 9.67. The van der Waals surface area contributed by atoms with Crippen molar-refractivity contribution in [2.24, 2.45) is 0 Å². The number of para-hydroxylation sites is 1. The molecule has 1 fully saturated rings. The van der Waals surface area contributed by atoms with Crippen molar-refractivity contribution in [2.75, 3.05) is 19.8 Å². The van der Waals surface area contributed by atoms with Crippen LogP contribution in [-0.2, 0) is 30.8 Å². The predicted molar refractivity (Wildman–Crippen MR) is 164 cm³/mol. The molecular formula is C30H36N4O7S2. The number of carbonyl (C=O) groups is 3. The van der Waals surface area contributed by atoms with Crippen LogP contribution >= 0.6 is 11.8 Å². The normalized spacial score (nSPS) is 17.0. The van der Waals surface area contributed by atoms with Gasteiger partial charge >= 0.3 is 12.1 Å². The molecule has 2 atom stereocenters. The lowest BCUT2D eigenvalue weighted by Crippen LogP contribution is -2.56. The molecule has 43 heavy (non-hydrogen) atoms. The number of hydrogen-bond acceptors (Lipinski definition) is 10. The smallest absolute Gasteiger partial charge is 0.414 e. The van der Waals surface area contributed by atoms with Crippen molar-refractivity contribution in [3.8, 4) is 5.75 Å². The van der Waals surface area contributed by atoms with Crippen LogP contribution in [0.3, 0.4) is 0 Å². The molecule has 2 aromatic carbocycles. The van der Waals surface area contributed by atoms with Crippen LogP contribution in [0.5, 0.6) is 5.75 Å². The monoisotopic (exact) mass is 628 g/mol. The molecule has 1 aliphatic rings. The molecule has 0 unspecified atom stereocenters. The van der Waals surface area contributed by atoms with Crippen LogP contribution in [0, 0.1) is 0 Å². The number of thioether (sulfide) groups is 1. The first kappa shape index (κ1) is 32.2. The molecular weight excluding hydrogens is 592 g/mol. The SMILES string of the molecule is CC(C)OC(=O)[C@H](Cc1ccc(OC(=O)N(C)C)cc1)N(C(=O)[C@H]1NC(C)(C)CS1)S(=O)(=O)c1cccc2cccnc12. The van der Waals surface area contributed by atoms with Crippen LogP contribution in [0.2, 0.25) is 0 Å². The van der Waals surface area contributed by atoms with Crippen LogP contribution in [0.4, 0.5) is 4.79 Å². The summed E-state index contributed by atoms with van der Waals surface area (Å²) in [6.45, 7) is 7.12. The topological polar surface area (TPSA) is 135 Å². The summed E-state index contributed by atoms with van der Waals surface area (Å²) in [5, 5.41) is 2.83. The Morgan fingerprint density at radius 3 is 2.35 bits per heavy atom. The molecule has 0 bridgehead atoms. The second-order valence-corrected chi connectivity index (χ2v) is 14.2. The molecule has 4 rings (SSSR count). The van der Waals surface area contributed by atoms with E-state index in [2.05, 4.69) is 10.3 Å². The minimum absolute atomic E-state index is 0.179. The molecule has 2 heterocycles. The van der Waals surface area contributed by atoms with Crippen molar-refractivity contribution in [3.63, 3.8) is 0 Å². The van der Waals surface area contributed by atoms with Crippen molar-refractivity contribution in [3.05, 3.63) is 66.4 Å². The van der Waals surface area contributed by atoms with E-state index in [-0.39, 0.29) is 22.6 Å². The van der Waals surface area contributed by atoms with Gasteiger partial charge < -0.3 is 14.4 Å². The van der Waals surface area contributed by atoms with E-state index in [0.717, 1.165) is 0 Å². The number of sulfonamides is 1. The number of carbonyl (C=O) groups excluding carboxylic acids is 3. The van der Waals surface area contributed by atoms with Crippen molar-refractivity contribution in [1.29, 1.82) is 0 Å². The zero-order valence-corrected chi connectivity index (χ0v) is 26.6. The van der Waals surface area contributed by atoms with Crippen LogP contribution in [0.25, 0.3) is 10.9 Å². The Balaban J connectivity index is 1.82. The molecule has 230 valence electrons. The summed E-state index contributed by atoms with van der Waals surface area (Å²) >= 11 is 1.27. The van der Waals surface area contributed by atoms with Crippen LogP contribution in [-0.4, -0.2) is 83.5 Å². The number of rotatable bonds is 9. The van der Waals surface area contributed by atoms with Crippen LogP contribution < -0.4 is 10.1 Å². The Morgan fingerprint density at radius 1 is 1.07 bits per heavy atom. The lowest BCUT2D eigenvalue weighted by atomic mass is 10.1. The summed E-state index contributed by atoms with van der Waals surface area (Å²) in [5.74, 6) is -0.836. The van der Waals surface area contributed by atoms with Gasteiger partial charge in [-0.2, -0.15) is 0 Å². The fourth-order valence-electron chi connectivity index (χ4n) is 4.49. The quantitative estimate of drug-likeness (QED) is 0.349. The molecule has 0 saturated carbocycles. The number of aromatic nitrogens is 1.